The lowest BCUT2D eigenvalue weighted by Crippen LogP contribution is -2.25. The molecular formula is C13H10Cl2N4O3S. The van der Waals surface area contributed by atoms with E-state index in [2.05, 4.69) is 15.3 Å². The van der Waals surface area contributed by atoms with Crippen LogP contribution in [0.1, 0.15) is 17.7 Å². The van der Waals surface area contributed by atoms with E-state index in [1.807, 2.05) is 0 Å². The van der Waals surface area contributed by atoms with Crippen molar-refractivity contribution in [3.05, 3.63) is 54.6 Å². The molecule has 2 N–H and O–H groups in total. The van der Waals surface area contributed by atoms with Gasteiger partial charge in [-0.15, -0.1) is 0 Å². The van der Waals surface area contributed by atoms with Gasteiger partial charge in [-0.25, -0.2) is 0 Å². The Bertz CT molecular complexity index is 892. The molecule has 0 spiro atoms. The standard InChI is InChI=1S/C13H10Cl2N4O3S/c14-8-2-1-7(5-9(8)15)6-16-19-12(22)10(3-4-11(20)21)17-18-13(19)23/h1-2,5-6H,3-4H2,(H,18,23)(H,20,21)/b16-6-. The molecule has 0 fully saturated rings. The van der Waals surface area contributed by atoms with Gasteiger partial charge in [-0.3, -0.25) is 14.7 Å². The number of H-pyrrole nitrogens is 1. The predicted octanol–water partition coefficient (Wildman–Crippen LogP) is 2.51. The number of hydrogen-bond acceptors (Lipinski definition) is 5. The normalized spacial score (nSPS) is 11.0. The first-order chi connectivity index (χ1) is 10.9. The van der Waals surface area contributed by atoms with E-state index in [0.717, 1.165) is 4.68 Å². The molecule has 0 unspecified atom stereocenters. The second kappa shape index (κ2) is 7.49. The number of aliphatic carboxylic acids is 1. The summed E-state index contributed by atoms with van der Waals surface area (Å²) in [5, 5.41) is 19.6. The Balaban J connectivity index is 2.35. The van der Waals surface area contributed by atoms with Crippen molar-refractivity contribution < 1.29 is 9.90 Å². The highest BCUT2D eigenvalue weighted by Crippen LogP contribution is 2.21. The van der Waals surface area contributed by atoms with Crippen LogP contribution in [0.5, 0.6) is 0 Å². The summed E-state index contributed by atoms with van der Waals surface area (Å²) >= 11 is 16.7. The molecule has 0 radical (unpaired) electrons. The van der Waals surface area contributed by atoms with E-state index in [4.69, 9.17) is 40.5 Å². The Morgan fingerprint density at radius 2 is 2.17 bits per heavy atom. The molecule has 7 nitrogen and oxygen atoms in total. The molecule has 10 heteroatoms. The maximum atomic E-state index is 12.2. The second-order valence-electron chi connectivity index (χ2n) is 4.40. The van der Waals surface area contributed by atoms with E-state index >= 15 is 0 Å². The van der Waals surface area contributed by atoms with Gasteiger partial charge in [0, 0.05) is 6.42 Å². The molecule has 2 aromatic rings. The van der Waals surface area contributed by atoms with Crippen LogP contribution >= 0.6 is 35.4 Å². The quantitative estimate of drug-likeness (QED) is 0.620. The number of aromatic nitrogens is 3. The number of benzene rings is 1. The first-order valence-electron chi connectivity index (χ1n) is 6.30. The number of nitrogens with zero attached hydrogens (tertiary/aromatic N) is 3. The molecule has 0 saturated heterocycles. The highest BCUT2D eigenvalue weighted by Gasteiger charge is 2.09. The smallest absolute Gasteiger partial charge is 0.303 e. The highest BCUT2D eigenvalue weighted by atomic mass is 35.5. The minimum atomic E-state index is -1.03. The third-order valence-corrected chi connectivity index (χ3v) is 3.76. The van der Waals surface area contributed by atoms with Crippen molar-refractivity contribution in [2.75, 3.05) is 0 Å². The zero-order chi connectivity index (χ0) is 17.0. The fraction of sp³-hybridized carbons (Fsp3) is 0.154. The molecule has 0 saturated carbocycles. The first kappa shape index (κ1) is 17.3. The van der Waals surface area contributed by atoms with Crippen molar-refractivity contribution in [3.8, 4) is 0 Å². The maximum Gasteiger partial charge on any atom is 0.303 e. The van der Waals surface area contributed by atoms with Crippen LogP contribution in [0.2, 0.25) is 10.0 Å². The number of hydrogen-bond donors (Lipinski definition) is 2. The molecule has 0 atom stereocenters. The molecule has 1 aromatic carbocycles. The molecule has 0 amide bonds. The number of carbonyl (C=O) groups is 1. The van der Waals surface area contributed by atoms with Gasteiger partial charge >= 0.3 is 5.97 Å². The second-order valence-corrected chi connectivity index (χ2v) is 5.61. The summed E-state index contributed by atoms with van der Waals surface area (Å²) < 4.78 is 0.924. The van der Waals surface area contributed by atoms with E-state index in [0.29, 0.717) is 15.6 Å². The molecule has 0 bridgehead atoms. The summed E-state index contributed by atoms with van der Waals surface area (Å²) in [4.78, 5) is 22.8. The summed E-state index contributed by atoms with van der Waals surface area (Å²) in [6, 6.07) is 4.85. The van der Waals surface area contributed by atoms with Gasteiger partial charge in [-0.05, 0) is 29.9 Å². The lowest BCUT2D eigenvalue weighted by atomic mass is 10.2. The fourth-order valence-electron chi connectivity index (χ4n) is 1.64. The van der Waals surface area contributed by atoms with Gasteiger partial charge in [0.25, 0.3) is 5.56 Å². The van der Waals surface area contributed by atoms with Gasteiger partial charge in [-0.2, -0.15) is 14.9 Å². The fourth-order valence-corrected chi connectivity index (χ4v) is 2.12. The molecule has 1 aromatic heterocycles. The molecule has 0 aliphatic carbocycles. The van der Waals surface area contributed by atoms with Gasteiger partial charge in [0.1, 0.15) is 5.69 Å². The van der Waals surface area contributed by atoms with E-state index < -0.39 is 11.5 Å². The predicted molar refractivity (Wildman–Crippen MR) is 89.1 cm³/mol. The Kier molecular flexibility index (Phi) is 5.64. The molecule has 23 heavy (non-hydrogen) atoms. The van der Waals surface area contributed by atoms with Crippen LogP contribution in [0.25, 0.3) is 0 Å². The van der Waals surface area contributed by atoms with Crippen LogP contribution in [0, 0.1) is 4.77 Å². The largest absolute Gasteiger partial charge is 0.481 e. The molecule has 1 heterocycles. The topological polar surface area (TPSA) is 100 Å². The van der Waals surface area contributed by atoms with Crippen molar-refractivity contribution in [3.63, 3.8) is 0 Å². The highest BCUT2D eigenvalue weighted by molar-refractivity contribution is 7.71. The molecule has 2 rings (SSSR count). The Morgan fingerprint density at radius 3 is 2.83 bits per heavy atom. The number of aromatic amines is 1. The van der Waals surface area contributed by atoms with Crippen LogP contribution in [0.15, 0.2) is 28.1 Å². The lowest BCUT2D eigenvalue weighted by Gasteiger charge is -2.02. The van der Waals surface area contributed by atoms with E-state index in [1.54, 1.807) is 18.2 Å². The van der Waals surface area contributed by atoms with Gasteiger partial charge < -0.3 is 5.11 Å². The zero-order valence-corrected chi connectivity index (χ0v) is 13.8. The van der Waals surface area contributed by atoms with Gasteiger partial charge in [0.15, 0.2) is 0 Å². The summed E-state index contributed by atoms with van der Waals surface area (Å²) in [5.74, 6) is -1.03. The van der Waals surface area contributed by atoms with Gasteiger partial charge in [0.2, 0.25) is 4.77 Å². The number of aryl methyl sites for hydroxylation is 1. The van der Waals surface area contributed by atoms with E-state index in [-0.39, 0.29) is 23.3 Å². The number of carboxylic acids is 1. The summed E-state index contributed by atoms with van der Waals surface area (Å²) in [7, 11) is 0. The number of halogens is 2. The van der Waals surface area contributed by atoms with Crippen LogP contribution in [0.4, 0.5) is 0 Å². The Morgan fingerprint density at radius 1 is 1.43 bits per heavy atom. The molecular weight excluding hydrogens is 363 g/mol. The number of rotatable bonds is 5. The molecule has 0 aliphatic rings. The summed E-state index contributed by atoms with van der Waals surface area (Å²) in [6.07, 6.45) is 1.14. The van der Waals surface area contributed by atoms with Gasteiger partial charge in [-0.1, -0.05) is 29.3 Å². The minimum Gasteiger partial charge on any atom is -0.481 e. The monoisotopic (exact) mass is 372 g/mol. The SMILES string of the molecule is O=C(O)CCc1n[nH]c(=S)n(/N=C\c2ccc(Cl)c(Cl)c2)c1=O. The van der Waals surface area contributed by atoms with Crippen LogP contribution in [-0.4, -0.2) is 32.2 Å². The zero-order valence-electron chi connectivity index (χ0n) is 11.5. The summed E-state index contributed by atoms with van der Waals surface area (Å²) in [6.45, 7) is 0. The van der Waals surface area contributed by atoms with Crippen molar-refractivity contribution in [1.29, 1.82) is 0 Å². The van der Waals surface area contributed by atoms with Crippen molar-refractivity contribution in [2.45, 2.75) is 12.8 Å². The first-order valence-corrected chi connectivity index (χ1v) is 7.46. The number of carboxylic acid groups (broad SMARTS) is 1. The van der Waals surface area contributed by atoms with Gasteiger partial charge in [0.05, 0.1) is 22.7 Å². The lowest BCUT2D eigenvalue weighted by molar-refractivity contribution is -0.136. The Labute approximate surface area is 145 Å². The van der Waals surface area contributed by atoms with Crippen LogP contribution < -0.4 is 5.56 Å². The third-order valence-electron chi connectivity index (χ3n) is 2.76. The average molecular weight is 373 g/mol. The Hall–Kier alpha value is -2.03. The molecule has 0 aliphatic heterocycles. The van der Waals surface area contributed by atoms with Crippen molar-refractivity contribution in [2.24, 2.45) is 5.10 Å². The maximum absolute atomic E-state index is 12.2. The molecule has 120 valence electrons. The summed E-state index contributed by atoms with van der Waals surface area (Å²) in [5.41, 5.74) is 0.0724. The minimum absolute atomic E-state index is 0.00890. The van der Waals surface area contributed by atoms with Crippen LogP contribution in [-0.2, 0) is 11.2 Å². The van der Waals surface area contributed by atoms with Crippen LogP contribution in [0.3, 0.4) is 0 Å². The van der Waals surface area contributed by atoms with Crippen molar-refractivity contribution in [1.82, 2.24) is 14.9 Å². The third kappa shape index (κ3) is 4.47. The van der Waals surface area contributed by atoms with Crippen molar-refractivity contribution >= 4 is 47.6 Å². The number of nitrogens with one attached hydrogen (secondary N) is 1. The van der Waals surface area contributed by atoms with E-state index in [9.17, 15) is 9.59 Å². The average Bonchev–Trinajstić information content (AvgIpc) is 2.49. The van der Waals surface area contributed by atoms with E-state index in [1.165, 1.54) is 6.21 Å².